The first kappa shape index (κ1) is 30.5. The van der Waals surface area contributed by atoms with E-state index in [-0.39, 0.29) is 58.1 Å². The average Bonchev–Trinajstić information content (AvgIpc) is 2.85. The van der Waals surface area contributed by atoms with Gasteiger partial charge in [-0.15, -0.1) is 0 Å². The fourth-order valence-corrected chi connectivity index (χ4v) is 10.0. The van der Waals surface area contributed by atoms with Crippen LogP contribution in [-0.4, -0.2) is 31.0 Å². The molecule has 40 heavy (non-hydrogen) atoms. The molecule has 220 valence electrons. The van der Waals surface area contributed by atoms with Crippen LogP contribution in [0.4, 0.5) is 0 Å². The minimum Gasteiger partial charge on any atom is -0.469 e. The summed E-state index contributed by atoms with van der Waals surface area (Å²) >= 11 is 0. The maximum Gasteiger partial charge on any atom is 0.311 e. The van der Waals surface area contributed by atoms with Crippen molar-refractivity contribution in [1.29, 1.82) is 5.26 Å². The number of carbonyl (C=O) groups is 3. The van der Waals surface area contributed by atoms with E-state index in [1.165, 1.54) is 19.6 Å². The normalized spacial score (nSPS) is 43.0. The molecule has 7 nitrogen and oxygen atoms in total. The van der Waals surface area contributed by atoms with Gasteiger partial charge in [0.2, 0.25) is 5.91 Å². The van der Waals surface area contributed by atoms with Gasteiger partial charge in [0.05, 0.1) is 18.6 Å². The van der Waals surface area contributed by atoms with E-state index >= 15 is 0 Å². The first-order valence-electron chi connectivity index (χ1n) is 15.0. The Morgan fingerprint density at radius 1 is 1.15 bits per heavy atom. The lowest BCUT2D eigenvalue weighted by molar-refractivity contribution is -0.172. The van der Waals surface area contributed by atoms with Crippen LogP contribution >= 0.6 is 0 Å². The fourth-order valence-electron chi connectivity index (χ4n) is 10.0. The zero-order chi connectivity index (χ0) is 29.9. The molecular weight excluding hydrogens is 502 g/mol. The van der Waals surface area contributed by atoms with Gasteiger partial charge in [-0.25, -0.2) is 5.43 Å². The third kappa shape index (κ3) is 4.36. The second-order valence-electron chi connectivity index (χ2n) is 15.3. The molecule has 0 aromatic heterocycles. The van der Waals surface area contributed by atoms with Crippen LogP contribution in [0.2, 0.25) is 0 Å². The molecule has 1 amide bonds. The van der Waals surface area contributed by atoms with E-state index in [1.54, 1.807) is 6.21 Å². The predicted molar refractivity (Wildman–Crippen MR) is 155 cm³/mol. The van der Waals surface area contributed by atoms with Gasteiger partial charge in [0, 0.05) is 30.9 Å². The van der Waals surface area contributed by atoms with Crippen LogP contribution in [0, 0.1) is 61.6 Å². The third-order valence-corrected chi connectivity index (χ3v) is 12.5. The van der Waals surface area contributed by atoms with Crippen LogP contribution < -0.4 is 5.43 Å². The number of hydrogen-bond donors (Lipinski definition) is 1. The van der Waals surface area contributed by atoms with E-state index in [1.807, 2.05) is 13.0 Å². The molecule has 3 saturated carbocycles. The van der Waals surface area contributed by atoms with Gasteiger partial charge in [-0.1, -0.05) is 47.1 Å². The van der Waals surface area contributed by atoms with Crippen molar-refractivity contribution in [3.8, 4) is 6.07 Å². The maximum atomic E-state index is 14.5. The summed E-state index contributed by atoms with van der Waals surface area (Å²) in [7, 11) is 1.47. The molecule has 4 aliphatic carbocycles. The number of fused-ring (bicyclic) bond motifs is 5. The van der Waals surface area contributed by atoms with Crippen LogP contribution in [0.5, 0.6) is 0 Å². The highest BCUT2D eigenvalue weighted by Crippen LogP contribution is 2.74. The van der Waals surface area contributed by atoms with Crippen LogP contribution in [0.1, 0.15) is 107 Å². The highest BCUT2D eigenvalue weighted by Gasteiger charge is 2.69. The molecule has 0 heterocycles. The summed E-state index contributed by atoms with van der Waals surface area (Å²) < 4.78 is 5.24. The number of amides is 1. The number of nitriles is 1. The van der Waals surface area contributed by atoms with Crippen LogP contribution in [-0.2, 0) is 19.1 Å². The highest BCUT2D eigenvalue weighted by molar-refractivity contribution is 5.96. The summed E-state index contributed by atoms with van der Waals surface area (Å²) in [5.74, 6) is -0.386. The Morgan fingerprint density at radius 2 is 1.80 bits per heavy atom. The lowest BCUT2D eigenvalue weighted by Crippen LogP contribution is -2.64. The number of nitrogens with one attached hydrogen (secondary N) is 1. The topological polar surface area (TPSA) is 109 Å². The zero-order valence-corrected chi connectivity index (χ0v) is 26.1. The molecule has 4 aliphatic rings. The number of ether oxygens (including phenoxy) is 1. The highest BCUT2D eigenvalue weighted by atomic mass is 16.5. The maximum absolute atomic E-state index is 14.5. The zero-order valence-electron chi connectivity index (χ0n) is 26.1. The van der Waals surface area contributed by atoms with Crippen molar-refractivity contribution >= 4 is 23.9 Å². The Bertz CT molecular complexity index is 1200. The Balaban J connectivity index is 1.81. The van der Waals surface area contributed by atoms with Crippen molar-refractivity contribution in [2.45, 2.75) is 107 Å². The Morgan fingerprint density at radius 3 is 2.40 bits per heavy atom. The molecule has 3 fully saturated rings. The van der Waals surface area contributed by atoms with E-state index in [4.69, 9.17) is 4.74 Å². The van der Waals surface area contributed by atoms with Gasteiger partial charge < -0.3 is 4.74 Å². The number of hydrogen-bond acceptors (Lipinski definition) is 6. The van der Waals surface area contributed by atoms with Crippen molar-refractivity contribution in [3.63, 3.8) is 0 Å². The molecule has 7 heteroatoms. The van der Waals surface area contributed by atoms with Crippen molar-refractivity contribution in [2.75, 3.05) is 7.11 Å². The number of hydrazone groups is 1. The summed E-state index contributed by atoms with van der Waals surface area (Å²) in [5, 5.41) is 14.3. The minimum atomic E-state index is -0.566. The second kappa shape index (κ2) is 9.81. The standard InChI is InChI=1S/C33H49N3O4/c1-21(37)36-35-20-28(2,3)25-10-11-33(8)26(31(25,6)16-17-34)24(38)18-22-23-19-30(5,27(39)40-9)13-12-29(23,4)14-15-32(22,33)7/h18,20,23,25-26H,10-16,19H2,1-9H3,(H,36,37)/b35-20+/t23-,25-,26+,29+,30-,31-,32+,33+/m0/s1. The number of rotatable bonds is 5. The van der Waals surface area contributed by atoms with Crippen LogP contribution in [0.25, 0.3) is 0 Å². The number of esters is 1. The average molecular weight is 552 g/mol. The predicted octanol–water partition coefficient (Wildman–Crippen LogP) is 6.38. The summed E-state index contributed by atoms with van der Waals surface area (Å²) in [5.41, 5.74) is 1.72. The van der Waals surface area contributed by atoms with Gasteiger partial charge in [-0.2, -0.15) is 10.4 Å². The monoisotopic (exact) mass is 551 g/mol. The molecule has 0 spiro atoms. The van der Waals surface area contributed by atoms with E-state index < -0.39 is 16.2 Å². The summed E-state index contributed by atoms with van der Waals surface area (Å²) in [6.45, 7) is 16.8. The first-order valence-corrected chi connectivity index (χ1v) is 15.0. The van der Waals surface area contributed by atoms with E-state index in [0.29, 0.717) is 6.42 Å². The molecule has 0 aromatic rings. The van der Waals surface area contributed by atoms with Gasteiger partial charge in [-0.3, -0.25) is 14.4 Å². The number of nitrogens with zero attached hydrogens (tertiary/aromatic N) is 2. The van der Waals surface area contributed by atoms with Crippen molar-refractivity contribution in [1.82, 2.24) is 5.43 Å². The lowest BCUT2D eigenvalue weighted by Gasteiger charge is -2.68. The molecule has 8 atom stereocenters. The first-order chi connectivity index (χ1) is 18.4. The molecule has 0 aromatic carbocycles. The van der Waals surface area contributed by atoms with E-state index in [9.17, 15) is 19.6 Å². The summed E-state index contributed by atoms with van der Waals surface area (Å²) in [4.78, 5) is 38.8. The van der Waals surface area contributed by atoms with Gasteiger partial charge in [-0.05, 0) is 91.4 Å². The molecule has 0 radical (unpaired) electrons. The summed E-state index contributed by atoms with van der Waals surface area (Å²) in [6, 6.07) is 2.45. The number of ketones is 1. The van der Waals surface area contributed by atoms with Crippen LogP contribution in [0.15, 0.2) is 16.8 Å². The smallest absolute Gasteiger partial charge is 0.311 e. The Kier molecular flexibility index (Phi) is 7.47. The van der Waals surface area contributed by atoms with Crippen molar-refractivity contribution < 1.29 is 19.1 Å². The van der Waals surface area contributed by atoms with Crippen molar-refractivity contribution in [3.05, 3.63) is 11.6 Å². The molecule has 0 bridgehead atoms. The second-order valence-corrected chi connectivity index (χ2v) is 15.3. The number of carbonyl (C=O) groups excluding carboxylic acids is 3. The largest absolute Gasteiger partial charge is 0.469 e. The molecular formula is C33H49N3O4. The fraction of sp³-hybridized carbons (Fsp3) is 0.788. The van der Waals surface area contributed by atoms with E-state index in [2.05, 4.69) is 58.1 Å². The van der Waals surface area contributed by atoms with Gasteiger partial charge in [0.15, 0.2) is 5.78 Å². The molecule has 1 N–H and O–H groups in total. The number of allylic oxidation sites excluding steroid dienone is 2. The lowest BCUT2D eigenvalue weighted by atomic mass is 9.34. The van der Waals surface area contributed by atoms with Gasteiger partial charge >= 0.3 is 5.97 Å². The number of methoxy groups -OCH3 is 1. The van der Waals surface area contributed by atoms with Crippen LogP contribution in [0.3, 0.4) is 0 Å². The third-order valence-electron chi connectivity index (χ3n) is 12.5. The SMILES string of the molecule is COC(=O)[C@@]1(C)CC[C@]2(C)CC[C@]3(C)C(=CC(=O)[C@@H]4[C@@](C)(CC#N)[C@H](C(C)(C)/C=N/NC(C)=O)CC[C@]43C)[C@@H]2C1. The molecule has 0 saturated heterocycles. The van der Waals surface area contributed by atoms with Gasteiger partial charge in [0.1, 0.15) is 0 Å². The van der Waals surface area contributed by atoms with Crippen molar-refractivity contribution in [2.24, 2.45) is 55.3 Å². The quantitative estimate of drug-likeness (QED) is 0.242. The Labute approximate surface area is 240 Å². The summed E-state index contributed by atoms with van der Waals surface area (Å²) in [6.07, 6.45) is 10.3. The molecule has 0 aliphatic heterocycles. The van der Waals surface area contributed by atoms with E-state index in [0.717, 1.165) is 38.5 Å². The minimum absolute atomic E-state index is 0.0314. The van der Waals surface area contributed by atoms with Gasteiger partial charge in [0.25, 0.3) is 0 Å². The molecule has 4 rings (SSSR count). The Hall–Kier alpha value is -2.49. The molecule has 0 unspecified atom stereocenters.